The maximum absolute atomic E-state index is 9.47. The van der Waals surface area contributed by atoms with Gasteiger partial charge in [0.2, 0.25) is 0 Å². The number of rotatable bonds is 2. The Morgan fingerprint density at radius 2 is 1.69 bits per heavy atom. The van der Waals surface area contributed by atoms with Crippen LogP contribution < -0.4 is 0 Å². The zero-order valence-electron chi connectivity index (χ0n) is 7.73. The second-order valence-corrected chi connectivity index (χ2v) is 3.61. The van der Waals surface area contributed by atoms with Gasteiger partial charge in [0, 0.05) is 11.0 Å². The molecule has 1 rings (SSSR count). The van der Waals surface area contributed by atoms with Gasteiger partial charge in [-0.3, -0.25) is 0 Å². The van der Waals surface area contributed by atoms with E-state index in [4.69, 9.17) is 10.2 Å². The molecule has 72 valence electrons. The van der Waals surface area contributed by atoms with E-state index in [1.54, 1.807) is 32.0 Å². The quantitative estimate of drug-likeness (QED) is 0.597. The fraction of sp³-hybridized carbons (Fsp3) is 0.400. The van der Waals surface area contributed by atoms with Gasteiger partial charge in [0.25, 0.3) is 0 Å². The predicted molar refractivity (Wildman–Crippen MR) is 49.4 cm³/mol. The third-order valence-electron chi connectivity index (χ3n) is 2.24. The smallest absolute Gasteiger partial charge is 0.160 e. The first-order valence-electron chi connectivity index (χ1n) is 4.11. The van der Waals surface area contributed by atoms with Crippen molar-refractivity contribution in [2.45, 2.75) is 25.6 Å². The van der Waals surface area contributed by atoms with E-state index in [2.05, 4.69) is 0 Å². The molecule has 1 aromatic carbocycles. The second-order valence-electron chi connectivity index (χ2n) is 3.61. The van der Waals surface area contributed by atoms with Crippen molar-refractivity contribution in [3.05, 3.63) is 29.8 Å². The molecule has 3 N–H and O–H groups in total. The third kappa shape index (κ3) is 1.82. The van der Waals surface area contributed by atoms with Crippen molar-refractivity contribution in [3.8, 4) is 5.75 Å². The number of phenols is 1. The normalized spacial score (nSPS) is 12.1. The number of aromatic hydroxyl groups is 1. The molecule has 1 aromatic rings. The molecule has 0 fully saturated rings. The van der Waals surface area contributed by atoms with Crippen molar-refractivity contribution in [2.75, 3.05) is 0 Å². The van der Waals surface area contributed by atoms with Gasteiger partial charge in [0.05, 0.1) is 0 Å². The van der Waals surface area contributed by atoms with Crippen LogP contribution in [0.5, 0.6) is 5.75 Å². The Hall–Kier alpha value is -1.06. The lowest BCUT2D eigenvalue weighted by atomic mass is 9.83. The molecule has 0 radical (unpaired) electrons. The van der Waals surface area contributed by atoms with Crippen LogP contribution in [-0.2, 0) is 5.41 Å². The molecule has 0 unspecified atom stereocenters. The topological polar surface area (TPSA) is 60.7 Å². The maximum atomic E-state index is 9.47. The molecule has 0 aliphatic heterocycles. The summed E-state index contributed by atoms with van der Waals surface area (Å²) in [5, 5.41) is 27.7. The van der Waals surface area contributed by atoms with Crippen LogP contribution >= 0.6 is 0 Å². The summed E-state index contributed by atoms with van der Waals surface area (Å²) in [5.74, 6) is 0.0839. The zero-order chi connectivity index (χ0) is 10.1. The van der Waals surface area contributed by atoms with Gasteiger partial charge in [-0.25, -0.2) is 0 Å². The Morgan fingerprint density at radius 3 is 2.15 bits per heavy atom. The minimum Gasteiger partial charge on any atom is -0.508 e. The Bertz CT molecular complexity index is 292. The summed E-state index contributed by atoms with van der Waals surface area (Å²) in [4.78, 5) is 0. The summed E-state index contributed by atoms with van der Waals surface area (Å²) in [7, 11) is 0. The summed E-state index contributed by atoms with van der Waals surface area (Å²) >= 11 is 0. The van der Waals surface area contributed by atoms with Gasteiger partial charge >= 0.3 is 0 Å². The van der Waals surface area contributed by atoms with E-state index >= 15 is 0 Å². The number of aliphatic hydroxyl groups is 2. The lowest BCUT2D eigenvalue weighted by Crippen LogP contribution is -2.33. The first-order valence-corrected chi connectivity index (χ1v) is 4.11. The summed E-state index contributed by atoms with van der Waals surface area (Å²) in [6, 6.07) is 6.64. The van der Waals surface area contributed by atoms with Crippen molar-refractivity contribution in [1.82, 2.24) is 0 Å². The average molecular weight is 182 g/mol. The average Bonchev–Trinajstić information content (AvgIpc) is 2.04. The largest absolute Gasteiger partial charge is 0.508 e. The molecule has 3 nitrogen and oxygen atoms in total. The minimum atomic E-state index is -1.49. The van der Waals surface area contributed by atoms with Crippen molar-refractivity contribution < 1.29 is 15.3 Å². The van der Waals surface area contributed by atoms with E-state index < -0.39 is 11.7 Å². The Kier molecular flexibility index (Phi) is 2.59. The standard InChI is InChI=1S/C10H14O3/c1-10(2,9(12)13)7-5-3-4-6-8(7)11/h3-6,9,11-13H,1-2H3. The lowest BCUT2D eigenvalue weighted by molar-refractivity contribution is -0.0895. The van der Waals surface area contributed by atoms with E-state index in [1.807, 2.05) is 0 Å². The summed E-state index contributed by atoms with van der Waals surface area (Å²) in [6.45, 7) is 3.32. The molecular formula is C10H14O3. The molecule has 0 spiro atoms. The van der Waals surface area contributed by atoms with Crippen LogP contribution in [0.3, 0.4) is 0 Å². The van der Waals surface area contributed by atoms with Gasteiger partial charge in [-0.2, -0.15) is 0 Å². The molecule has 0 aliphatic rings. The SMILES string of the molecule is CC(C)(c1ccccc1O)C(O)O. The second kappa shape index (κ2) is 3.36. The Balaban J connectivity index is 3.14. The third-order valence-corrected chi connectivity index (χ3v) is 2.24. The van der Waals surface area contributed by atoms with E-state index in [1.165, 1.54) is 6.07 Å². The highest BCUT2D eigenvalue weighted by Crippen LogP contribution is 2.32. The van der Waals surface area contributed by atoms with Gasteiger partial charge in [0.15, 0.2) is 6.29 Å². The number of benzene rings is 1. The van der Waals surface area contributed by atoms with E-state index in [0.717, 1.165) is 0 Å². The molecule has 0 atom stereocenters. The molecule has 0 aliphatic carbocycles. The minimum absolute atomic E-state index is 0.0839. The van der Waals surface area contributed by atoms with Gasteiger partial charge in [-0.15, -0.1) is 0 Å². The van der Waals surface area contributed by atoms with Gasteiger partial charge in [0.1, 0.15) is 5.75 Å². The molecule has 0 saturated heterocycles. The number of hydrogen-bond acceptors (Lipinski definition) is 3. The number of phenolic OH excluding ortho intramolecular Hbond substituents is 1. The Morgan fingerprint density at radius 1 is 1.15 bits per heavy atom. The fourth-order valence-electron chi connectivity index (χ4n) is 1.16. The van der Waals surface area contributed by atoms with Crippen LogP contribution in [0.15, 0.2) is 24.3 Å². The Labute approximate surface area is 77.3 Å². The van der Waals surface area contributed by atoms with Crippen LogP contribution in [0.25, 0.3) is 0 Å². The highest BCUT2D eigenvalue weighted by atomic mass is 16.5. The van der Waals surface area contributed by atoms with Crippen LogP contribution in [0, 0.1) is 0 Å². The highest BCUT2D eigenvalue weighted by Gasteiger charge is 2.30. The van der Waals surface area contributed by atoms with Crippen molar-refractivity contribution >= 4 is 0 Å². The van der Waals surface area contributed by atoms with Crippen LogP contribution in [0.4, 0.5) is 0 Å². The molecule has 13 heavy (non-hydrogen) atoms. The van der Waals surface area contributed by atoms with Gasteiger partial charge in [-0.05, 0) is 6.07 Å². The zero-order valence-corrected chi connectivity index (χ0v) is 7.73. The molecule has 0 aromatic heterocycles. The number of aliphatic hydroxyl groups excluding tert-OH is 1. The molecule has 0 bridgehead atoms. The molecule has 0 amide bonds. The molecule has 0 saturated carbocycles. The van der Waals surface area contributed by atoms with E-state index in [-0.39, 0.29) is 5.75 Å². The number of para-hydroxylation sites is 1. The van der Waals surface area contributed by atoms with Crippen LogP contribution in [0.1, 0.15) is 19.4 Å². The van der Waals surface area contributed by atoms with Crippen LogP contribution in [-0.4, -0.2) is 21.6 Å². The van der Waals surface area contributed by atoms with Gasteiger partial charge < -0.3 is 15.3 Å². The van der Waals surface area contributed by atoms with Crippen molar-refractivity contribution in [1.29, 1.82) is 0 Å². The van der Waals surface area contributed by atoms with Crippen molar-refractivity contribution in [2.24, 2.45) is 0 Å². The summed E-state index contributed by atoms with van der Waals surface area (Å²) in [5.41, 5.74) is -0.323. The molecular weight excluding hydrogens is 168 g/mol. The van der Waals surface area contributed by atoms with E-state index in [0.29, 0.717) is 5.56 Å². The summed E-state index contributed by atoms with van der Waals surface area (Å²) < 4.78 is 0. The monoisotopic (exact) mass is 182 g/mol. The molecule has 0 heterocycles. The van der Waals surface area contributed by atoms with E-state index in [9.17, 15) is 5.11 Å². The first-order chi connectivity index (χ1) is 5.96. The lowest BCUT2D eigenvalue weighted by Gasteiger charge is -2.27. The fourth-order valence-corrected chi connectivity index (χ4v) is 1.16. The first kappa shape index (κ1) is 10.0. The maximum Gasteiger partial charge on any atom is 0.160 e. The predicted octanol–water partition coefficient (Wildman–Crippen LogP) is 0.980. The summed E-state index contributed by atoms with van der Waals surface area (Å²) in [6.07, 6.45) is -1.49. The van der Waals surface area contributed by atoms with Crippen LogP contribution in [0.2, 0.25) is 0 Å². The van der Waals surface area contributed by atoms with Crippen molar-refractivity contribution in [3.63, 3.8) is 0 Å². The number of hydrogen-bond donors (Lipinski definition) is 3. The van der Waals surface area contributed by atoms with Gasteiger partial charge in [-0.1, -0.05) is 32.0 Å². The highest BCUT2D eigenvalue weighted by molar-refractivity contribution is 5.37. The molecule has 3 heteroatoms.